The van der Waals surface area contributed by atoms with Gasteiger partial charge in [-0.15, -0.1) is 0 Å². The number of H-pyrrole nitrogens is 2. The van der Waals surface area contributed by atoms with Crippen molar-refractivity contribution >= 4 is 17.7 Å². The summed E-state index contributed by atoms with van der Waals surface area (Å²) in [6, 6.07) is 0. The second kappa shape index (κ2) is 5.85. The van der Waals surface area contributed by atoms with E-state index in [1.165, 1.54) is 6.42 Å². The first-order valence-corrected chi connectivity index (χ1v) is 6.61. The van der Waals surface area contributed by atoms with Crippen LogP contribution >= 0.6 is 11.8 Å². The van der Waals surface area contributed by atoms with Gasteiger partial charge in [0.2, 0.25) is 0 Å². The lowest BCUT2D eigenvalue weighted by Gasteiger charge is -2.24. The molecule has 0 aromatic carbocycles. The molecule has 1 aromatic rings. The van der Waals surface area contributed by atoms with Gasteiger partial charge >= 0.3 is 11.7 Å². The van der Waals surface area contributed by atoms with Gasteiger partial charge in [-0.1, -0.05) is 18.2 Å². The summed E-state index contributed by atoms with van der Waals surface area (Å²) in [7, 11) is 0. The summed E-state index contributed by atoms with van der Waals surface area (Å²) in [5.41, 5.74) is -1.27. The molecule has 7 nitrogen and oxygen atoms in total. The standard InChI is InChI=1S/C10H13N3O4S/c14-7(17-4-6-2-1-3-6)5-18-9-8(15)11-10(16)13-12-9/h6H,1-5H2,(H2,11,13,15,16). The quantitative estimate of drug-likeness (QED) is 0.572. The first-order valence-electron chi connectivity index (χ1n) is 5.62. The van der Waals surface area contributed by atoms with Gasteiger partial charge in [-0.25, -0.2) is 9.89 Å². The number of thioether (sulfide) groups is 1. The number of nitrogens with zero attached hydrogens (tertiary/aromatic N) is 1. The van der Waals surface area contributed by atoms with Crippen molar-refractivity contribution in [3.8, 4) is 0 Å². The molecule has 1 saturated carbocycles. The molecule has 0 atom stereocenters. The van der Waals surface area contributed by atoms with Crippen LogP contribution in [0.15, 0.2) is 14.6 Å². The highest BCUT2D eigenvalue weighted by molar-refractivity contribution is 7.99. The molecule has 0 bridgehead atoms. The van der Waals surface area contributed by atoms with Crippen molar-refractivity contribution in [2.75, 3.05) is 12.4 Å². The van der Waals surface area contributed by atoms with Crippen LogP contribution in [-0.4, -0.2) is 33.5 Å². The lowest BCUT2D eigenvalue weighted by molar-refractivity contribution is -0.142. The van der Waals surface area contributed by atoms with Crippen molar-refractivity contribution in [1.29, 1.82) is 0 Å². The molecule has 1 aromatic heterocycles. The Bertz CT molecular complexity index is 534. The fourth-order valence-electron chi connectivity index (χ4n) is 1.47. The number of hydrogen-bond acceptors (Lipinski definition) is 6. The Morgan fingerprint density at radius 3 is 2.83 bits per heavy atom. The van der Waals surface area contributed by atoms with Gasteiger partial charge in [0.25, 0.3) is 5.56 Å². The zero-order valence-corrected chi connectivity index (χ0v) is 10.4. The first kappa shape index (κ1) is 12.9. The SMILES string of the molecule is O=C(CSc1n[nH]c(=O)[nH]c1=O)OCC1CCC1. The van der Waals surface area contributed by atoms with Gasteiger partial charge in [0.05, 0.1) is 12.4 Å². The fourth-order valence-corrected chi connectivity index (χ4v) is 2.10. The van der Waals surface area contributed by atoms with Gasteiger partial charge in [0, 0.05) is 0 Å². The Labute approximate surface area is 106 Å². The molecule has 8 heteroatoms. The molecule has 0 radical (unpaired) electrons. The molecule has 0 aliphatic heterocycles. The Kier molecular flexibility index (Phi) is 4.19. The maximum absolute atomic E-state index is 11.4. The minimum Gasteiger partial charge on any atom is -0.465 e. The molecule has 1 aliphatic carbocycles. The summed E-state index contributed by atoms with van der Waals surface area (Å²) in [4.78, 5) is 35.4. The highest BCUT2D eigenvalue weighted by Gasteiger charge is 2.19. The van der Waals surface area contributed by atoms with Crippen molar-refractivity contribution in [3.05, 3.63) is 20.8 Å². The van der Waals surface area contributed by atoms with Gasteiger partial charge < -0.3 is 4.74 Å². The van der Waals surface area contributed by atoms with E-state index in [9.17, 15) is 14.4 Å². The lowest BCUT2D eigenvalue weighted by atomic mass is 9.86. The number of carbonyl (C=O) groups excluding carboxylic acids is 1. The molecule has 1 heterocycles. The second-order valence-electron chi connectivity index (χ2n) is 4.08. The summed E-state index contributed by atoms with van der Waals surface area (Å²) in [5.74, 6) is 0.127. The molecule has 0 spiro atoms. The summed E-state index contributed by atoms with van der Waals surface area (Å²) in [6.45, 7) is 0.453. The van der Waals surface area contributed by atoms with Crippen LogP contribution in [0.1, 0.15) is 19.3 Å². The number of carbonyl (C=O) groups is 1. The normalized spacial score (nSPS) is 15.1. The van der Waals surface area contributed by atoms with Crippen LogP contribution < -0.4 is 11.2 Å². The fraction of sp³-hybridized carbons (Fsp3) is 0.600. The van der Waals surface area contributed by atoms with Gasteiger partial charge in [0.1, 0.15) is 0 Å². The predicted octanol–water partition coefficient (Wildman–Crippen LogP) is -0.106. The van der Waals surface area contributed by atoms with Crippen molar-refractivity contribution in [2.24, 2.45) is 5.92 Å². The van der Waals surface area contributed by atoms with Crippen LogP contribution in [0.2, 0.25) is 0 Å². The molecule has 2 N–H and O–H groups in total. The molecular formula is C10H13N3O4S. The molecule has 0 amide bonds. The minimum absolute atomic E-state index is 0.00877. The van der Waals surface area contributed by atoms with Crippen molar-refractivity contribution in [2.45, 2.75) is 24.3 Å². The number of nitrogens with one attached hydrogen (secondary N) is 2. The molecule has 1 aliphatic rings. The maximum Gasteiger partial charge on any atom is 0.342 e. The molecular weight excluding hydrogens is 258 g/mol. The average Bonchev–Trinajstić information content (AvgIpc) is 2.25. The number of esters is 1. The van der Waals surface area contributed by atoms with Crippen LogP contribution in [0.5, 0.6) is 0 Å². The second-order valence-corrected chi connectivity index (χ2v) is 5.04. The monoisotopic (exact) mass is 271 g/mol. The van der Waals surface area contributed by atoms with Gasteiger partial charge in [-0.05, 0) is 18.8 Å². The van der Waals surface area contributed by atoms with Gasteiger partial charge in [-0.3, -0.25) is 14.6 Å². The highest BCUT2D eigenvalue weighted by Crippen LogP contribution is 2.26. The zero-order chi connectivity index (χ0) is 13.0. The largest absolute Gasteiger partial charge is 0.465 e. The van der Waals surface area contributed by atoms with E-state index in [1.54, 1.807) is 0 Å². The Morgan fingerprint density at radius 1 is 1.44 bits per heavy atom. The Hall–Kier alpha value is -1.57. The van der Waals surface area contributed by atoms with E-state index in [4.69, 9.17) is 4.74 Å². The summed E-state index contributed by atoms with van der Waals surface area (Å²) in [6.07, 6.45) is 3.43. The third-order valence-electron chi connectivity index (χ3n) is 2.71. The summed E-state index contributed by atoms with van der Waals surface area (Å²) < 4.78 is 5.06. The smallest absolute Gasteiger partial charge is 0.342 e. The Balaban J connectivity index is 1.77. The molecule has 98 valence electrons. The number of ether oxygens (including phenoxy) is 1. The van der Waals surface area contributed by atoms with E-state index in [2.05, 4.69) is 10.2 Å². The van der Waals surface area contributed by atoms with Crippen molar-refractivity contribution < 1.29 is 9.53 Å². The van der Waals surface area contributed by atoms with Crippen molar-refractivity contribution in [3.63, 3.8) is 0 Å². The molecule has 2 rings (SSSR count). The van der Waals surface area contributed by atoms with E-state index in [0.29, 0.717) is 12.5 Å². The van der Waals surface area contributed by atoms with Crippen LogP contribution in [0.25, 0.3) is 0 Å². The van der Waals surface area contributed by atoms with E-state index in [1.807, 2.05) is 4.98 Å². The number of aromatic amines is 2. The van der Waals surface area contributed by atoms with E-state index in [-0.39, 0.29) is 16.7 Å². The van der Waals surface area contributed by atoms with Gasteiger partial charge in [0.15, 0.2) is 5.03 Å². The molecule has 0 saturated heterocycles. The molecule has 0 unspecified atom stereocenters. The van der Waals surface area contributed by atoms with E-state index >= 15 is 0 Å². The average molecular weight is 271 g/mol. The third-order valence-corrected chi connectivity index (χ3v) is 3.64. The van der Waals surface area contributed by atoms with E-state index in [0.717, 1.165) is 24.6 Å². The number of aromatic nitrogens is 3. The molecule has 1 fully saturated rings. The third kappa shape index (κ3) is 3.46. The van der Waals surface area contributed by atoms with Crippen LogP contribution in [0.3, 0.4) is 0 Å². The number of hydrogen-bond donors (Lipinski definition) is 2. The Morgan fingerprint density at radius 2 is 2.22 bits per heavy atom. The topological polar surface area (TPSA) is 105 Å². The number of rotatable bonds is 5. The van der Waals surface area contributed by atoms with Crippen LogP contribution in [-0.2, 0) is 9.53 Å². The maximum atomic E-state index is 11.4. The summed E-state index contributed by atoms with van der Waals surface area (Å²) in [5, 5.41) is 5.70. The van der Waals surface area contributed by atoms with Crippen LogP contribution in [0.4, 0.5) is 0 Å². The van der Waals surface area contributed by atoms with Crippen LogP contribution in [0, 0.1) is 5.92 Å². The van der Waals surface area contributed by atoms with E-state index < -0.39 is 11.2 Å². The zero-order valence-electron chi connectivity index (χ0n) is 9.60. The minimum atomic E-state index is -0.670. The molecule has 18 heavy (non-hydrogen) atoms. The van der Waals surface area contributed by atoms with Gasteiger partial charge in [-0.2, -0.15) is 5.10 Å². The first-order chi connectivity index (χ1) is 8.65. The summed E-state index contributed by atoms with van der Waals surface area (Å²) >= 11 is 0.942. The lowest BCUT2D eigenvalue weighted by Crippen LogP contribution is -2.25. The highest BCUT2D eigenvalue weighted by atomic mass is 32.2. The predicted molar refractivity (Wildman–Crippen MR) is 64.5 cm³/mol. The van der Waals surface area contributed by atoms with Crippen molar-refractivity contribution in [1.82, 2.24) is 15.2 Å².